The van der Waals surface area contributed by atoms with Gasteiger partial charge in [-0.2, -0.15) is 4.98 Å². The van der Waals surface area contributed by atoms with Crippen molar-refractivity contribution >= 4 is 41.7 Å². The highest BCUT2D eigenvalue weighted by Gasteiger charge is 2.34. The minimum atomic E-state index is -3.96. The second kappa shape index (κ2) is 14.0. The van der Waals surface area contributed by atoms with Crippen LogP contribution < -0.4 is 16.4 Å². The largest absolute Gasteiger partial charge is 0.405 e. The van der Waals surface area contributed by atoms with Gasteiger partial charge in [0.15, 0.2) is 16.3 Å². The molecule has 0 spiro atoms. The fourth-order valence-electron chi connectivity index (χ4n) is 3.32. The van der Waals surface area contributed by atoms with E-state index in [0.717, 1.165) is 17.3 Å². The van der Waals surface area contributed by atoms with Gasteiger partial charge in [-0.3, -0.25) is 28.2 Å². The Morgan fingerprint density at radius 2 is 1.95 bits per heavy atom. The van der Waals surface area contributed by atoms with Crippen molar-refractivity contribution in [2.45, 2.75) is 52.7 Å². The van der Waals surface area contributed by atoms with Gasteiger partial charge in [0.25, 0.3) is 5.56 Å². The number of nitrogens with zero attached hydrogens (tertiary/aromatic N) is 3. The predicted molar refractivity (Wildman–Crippen MR) is 155 cm³/mol. The second-order valence-corrected chi connectivity index (χ2v) is 13.3. The number of fused-ring (bicyclic) bond motifs is 1. The number of aliphatic hydroxyl groups is 2. The van der Waals surface area contributed by atoms with E-state index in [1.54, 1.807) is 13.8 Å². The van der Waals surface area contributed by atoms with Crippen molar-refractivity contribution in [2.24, 2.45) is 5.41 Å². The number of carbonyl (C=O) groups excluding carboxylic acids is 1. The minimum absolute atomic E-state index is 0.0700. The van der Waals surface area contributed by atoms with Gasteiger partial charge in [0.05, 0.1) is 37.2 Å². The van der Waals surface area contributed by atoms with Crippen LogP contribution in [0.2, 0.25) is 0 Å². The number of hydrogen-bond donors (Lipinski definition) is 5. The third-order valence-corrected chi connectivity index (χ3v) is 8.68. The number of imidazole rings is 1. The van der Waals surface area contributed by atoms with E-state index in [-0.39, 0.29) is 61.1 Å². The molecule has 0 bridgehead atoms. The maximum atomic E-state index is 13.7. The van der Waals surface area contributed by atoms with Crippen molar-refractivity contribution in [3.05, 3.63) is 52.6 Å². The summed E-state index contributed by atoms with van der Waals surface area (Å²) in [5, 5.41) is 22.7. The van der Waals surface area contributed by atoms with E-state index in [1.165, 1.54) is 24.7 Å². The van der Waals surface area contributed by atoms with Crippen LogP contribution in [0.4, 0.5) is 5.95 Å². The van der Waals surface area contributed by atoms with Crippen LogP contribution in [0.15, 0.2) is 41.5 Å². The molecule has 6 N–H and O–H groups in total. The molecule has 0 fully saturated rings. The van der Waals surface area contributed by atoms with E-state index in [1.807, 2.05) is 30.3 Å². The van der Waals surface area contributed by atoms with Crippen LogP contribution in [-0.2, 0) is 36.4 Å². The summed E-state index contributed by atoms with van der Waals surface area (Å²) in [4.78, 5) is 34.8. The summed E-state index contributed by atoms with van der Waals surface area (Å²) in [5.74, 6) is 0.0887. The molecule has 2 heterocycles. The van der Waals surface area contributed by atoms with Gasteiger partial charge in [-0.05, 0) is 33.3 Å². The summed E-state index contributed by atoms with van der Waals surface area (Å²) >= 11 is 0.960. The lowest BCUT2D eigenvalue weighted by Gasteiger charge is -2.30. The summed E-state index contributed by atoms with van der Waals surface area (Å²) in [6.45, 7) is 5.53. The predicted octanol–water partition coefficient (Wildman–Crippen LogP) is 2.02. The molecule has 1 unspecified atom stereocenters. The first kappa shape index (κ1) is 32.9. The molecule has 0 radical (unpaired) electrons. The number of aliphatic hydroxyl groups excluding tert-OH is 1. The Bertz CT molecular complexity index is 1410. The monoisotopic (exact) mass is 612 g/mol. The van der Waals surface area contributed by atoms with Gasteiger partial charge in [-0.25, -0.2) is 14.6 Å². The van der Waals surface area contributed by atoms with E-state index < -0.39 is 30.4 Å². The molecule has 41 heavy (non-hydrogen) atoms. The topological polar surface area (TPSA) is 204 Å². The molecule has 2 atom stereocenters. The second-order valence-electron chi connectivity index (χ2n) is 10.4. The van der Waals surface area contributed by atoms with Crippen LogP contribution in [0.5, 0.6) is 0 Å². The zero-order chi connectivity index (χ0) is 30.3. The summed E-state index contributed by atoms with van der Waals surface area (Å²) in [5.41, 5.74) is 3.88. The number of aromatic nitrogens is 4. The average molecular weight is 613 g/mol. The normalized spacial score (nSPS) is 14.7. The number of nitrogens with two attached hydrogens (primary N) is 1. The smallest absolute Gasteiger partial charge is 0.395 e. The first-order chi connectivity index (χ1) is 19.2. The number of rotatable bonds is 16. The van der Waals surface area contributed by atoms with Crippen LogP contribution >= 0.6 is 19.5 Å². The fraction of sp³-hybridized carbons (Fsp3) is 0.520. The summed E-state index contributed by atoms with van der Waals surface area (Å²) in [6, 6.07) is 9.21. The lowest BCUT2D eigenvalue weighted by atomic mass is 9.97. The van der Waals surface area contributed by atoms with Crippen LogP contribution in [0, 0.1) is 5.41 Å². The van der Waals surface area contributed by atoms with Crippen molar-refractivity contribution in [2.75, 3.05) is 31.3 Å². The molecule has 0 amide bonds. The molecule has 14 nitrogen and oxygen atoms in total. The van der Waals surface area contributed by atoms with Gasteiger partial charge in [0.1, 0.15) is 12.8 Å². The number of thioether (sulfide) groups is 1. The van der Waals surface area contributed by atoms with Crippen molar-refractivity contribution < 1.29 is 33.4 Å². The molecule has 3 aromatic rings. The van der Waals surface area contributed by atoms with Crippen LogP contribution in [-0.4, -0.2) is 72.1 Å². The van der Waals surface area contributed by atoms with E-state index in [4.69, 9.17) is 19.5 Å². The van der Waals surface area contributed by atoms with Gasteiger partial charge in [0.2, 0.25) is 5.95 Å². The molecule has 0 aliphatic rings. The van der Waals surface area contributed by atoms with Crippen LogP contribution in [0.1, 0.15) is 33.3 Å². The zero-order valence-corrected chi connectivity index (χ0v) is 25.1. The number of benzene rings is 1. The summed E-state index contributed by atoms with van der Waals surface area (Å²) in [7, 11) is -3.96. The Labute approximate surface area is 241 Å². The molecule has 16 heteroatoms. The highest BCUT2D eigenvalue weighted by Crippen LogP contribution is 2.45. The first-order valence-electron chi connectivity index (χ1n) is 12.7. The van der Waals surface area contributed by atoms with Crippen molar-refractivity contribution in [3.8, 4) is 0 Å². The number of aromatic amines is 1. The SMILES string of the molecule is CC(C)(CO)C(=O)SCCOP(=O)(NCc1ccccc1)OC[C@@H](OCn1cnc2c(=O)[nH]c(N)nc21)C(C)(C)O. The van der Waals surface area contributed by atoms with E-state index in [0.29, 0.717) is 0 Å². The van der Waals surface area contributed by atoms with Crippen LogP contribution in [0.3, 0.4) is 0 Å². The van der Waals surface area contributed by atoms with Crippen molar-refractivity contribution in [1.29, 1.82) is 0 Å². The van der Waals surface area contributed by atoms with Crippen molar-refractivity contribution in [1.82, 2.24) is 24.6 Å². The number of H-pyrrole nitrogens is 1. The molecule has 2 aromatic heterocycles. The van der Waals surface area contributed by atoms with Crippen molar-refractivity contribution in [3.63, 3.8) is 0 Å². The number of nitrogens with one attached hydrogen (secondary N) is 2. The lowest BCUT2D eigenvalue weighted by Crippen LogP contribution is -2.42. The lowest BCUT2D eigenvalue weighted by molar-refractivity contribution is -0.124. The molecular formula is C25H37N6O8PS. The molecule has 1 aromatic carbocycles. The van der Waals surface area contributed by atoms with E-state index in [2.05, 4.69) is 20.0 Å². The number of nitrogen functional groups attached to an aromatic ring is 1. The van der Waals surface area contributed by atoms with Gasteiger partial charge >= 0.3 is 7.75 Å². The fourth-order valence-corrected chi connectivity index (χ4v) is 5.55. The number of ether oxygens (including phenoxy) is 1. The number of carbonyl (C=O) groups is 1. The maximum absolute atomic E-state index is 13.7. The Morgan fingerprint density at radius 1 is 1.24 bits per heavy atom. The molecule has 0 saturated heterocycles. The van der Waals surface area contributed by atoms with E-state index in [9.17, 15) is 24.4 Å². The van der Waals surface area contributed by atoms with Gasteiger partial charge in [-0.1, -0.05) is 42.1 Å². The Balaban J connectivity index is 1.68. The molecule has 3 rings (SSSR count). The molecule has 0 aliphatic heterocycles. The third kappa shape index (κ3) is 9.45. The summed E-state index contributed by atoms with van der Waals surface area (Å²) in [6.07, 6.45) is 0.345. The van der Waals surface area contributed by atoms with Crippen LogP contribution in [0.25, 0.3) is 11.2 Å². The number of hydrogen-bond acceptors (Lipinski definition) is 12. The first-order valence-corrected chi connectivity index (χ1v) is 15.3. The standard InChI is InChI=1S/C25H37N6O8PS/c1-24(2,14-32)22(34)41-11-10-38-40(36,28-12-17-8-6-5-7-9-17)39-13-18(25(3,4)35)37-16-31-15-27-19-20(31)29-23(26)30-21(19)33/h5-9,15,18,32,35H,10-14,16H2,1-4H3,(H,28,36)(H3,26,29,30,33)/t18-,40?/m1/s1. The molecule has 226 valence electrons. The average Bonchev–Trinajstić information content (AvgIpc) is 3.32. The van der Waals surface area contributed by atoms with Gasteiger partial charge in [0, 0.05) is 12.3 Å². The zero-order valence-electron chi connectivity index (χ0n) is 23.4. The highest BCUT2D eigenvalue weighted by atomic mass is 32.2. The molecule has 0 saturated carbocycles. The minimum Gasteiger partial charge on any atom is -0.395 e. The van der Waals surface area contributed by atoms with Gasteiger partial charge < -0.3 is 20.7 Å². The quantitative estimate of drug-likeness (QED) is 0.116. The Morgan fingerprint density at radius 3 is 2.61 bits per heavy atom. The third-order valence-electron chi connectivity index (χ3n) is 5.94. The number of anilines is 1. The maximum Gasteiger partial charge on any atom is 0.405 e. The Kier molecular flexibility index (Phi) is 11.3. The highest BCUT2D eigenvalue weighted by molar-refractivity contribution is 8.13. The van der Waals surface area contributed by atoms with Gasteiger partial charge in [-0.15, -0.1) is 0 Å². The molecular weight excluding hydrogens is 575 g/mol. The van der Waals surface area contributed by atoms with E-state index >= 15 is 0 Å². The Hall–Kier alpha value is -2.62. The summed E-state index contributed by atoms with van der Waals surface area (Å²) < 4.78 is 32.3. The molecule has 0 aliphatic carbocycles.